The van der Waals surface area contributed by atoms with Gasteiger partial charge < -0.3 is 19.7 Å². The van der Waals surface area contributed by atoms with E-state index in [2.05, 4.69) is 56.0 Å². The Morgan fingerprint density at radius 1 is 1.03 bits per heavy atom. The van der Waals surface area contributed by atoms with Gasteiger partial charge in [-0.3, -0.25) is 4.79 Å². The van der Waals surface area contributed by atoms with E-state index in [4.69, 9.17) is 16.6 Å². The molecule has 2 aliphatic rings. The number of halogens is 1. The molecule has 1 aliphatic heterocycles. The van der Waals surface area contributed by atoms with Gasteiger partial charge in [-0.1, -0.05) is 23.7 Å². The largest absolute Gasteiger partial charge is 0.382 e. The van der Waals surface area contributed by atoms with Crippen LogP contribution in [0, 0.1) is 19.8 Å². The fourth-order valence-corrected chi connectivity index (χ4v) is 5.64. The first-order chi connectivity index (χ1) is 16.9. The SMILES string of the molecule is Cc1cc(Cl)nc2c1nc(C)n2Cc1ccc(N[C@H]2CC[C@H](C(=O)N3CCN(C)CC3)CC2)cc1. The molecule has 35 heavy (non-hydrogen) atoms. The summed E-state index contributed by atoms with van der Waals surface area (Å²) in [4.78, 5) is 26.5. The van der Waals surface area contributed by atoms with Crippen molar-refractivity contribution in [1.29, 1.82) is 0 Å². The van der Waals surface area contributed by atoms with Crippen LogP contribution >= 0.6 is 11.6 Å². The molecule has 5 rings (SSSR count). The number of amides is 1. The maximum Gasteiger partial charge on any atom is 0.225 e. The lowest BCUT2D eigenvalue weighted by molar-refractivity contribution is -0.138. The summed E-state index contributed by atoms with van der Waals surface area (Å²) in [7, 11) is 2.13. The first kappa shape index (κ1) is 24.1. The number of hydrogen-bond acceptors (Lipinski definition) is 5. The second-order valence-corrected chi connectivity index (χ2v) is 10.6. The minimum atomic E-state index is 0.192. The first-order valence-corrected chi connectivity index (χ1v) is 13.1. The Morgan fingerprint density at radius 2 is 1.71 bits per heavy atom. The molecule has 0 unspecified atom stereocenters. The van der Waals surface area contributed by atoms with Crippen LogP contribution in [0.15, 0.2) is 30.3 Å². The number of aryl methyl sites for hydroxylation is 2. The number of carbonyl (C=O) groups excluding carboxylic acids is 1. The summed E-state index contributed by atoms with van der Waals surface area (Å²) in [5, 5.41) is 4.18. The lowest BCUT2D eigenvalue weighted by Gasteiger charge is -2.36. The van der Waals surface area contributed by atoms with Crippen molar-refractivity contribution in [1.82, 2.24) is 24.3 Å². The van der Waals surface area contributed by atoms with Crippen LogP contribution < -0.4 is 5.32 Å². The van der Waals surface area contributed by atoms with E-state index in [0.29, 0.717) is 23.6 Å². The van der Waals surface area contributed by atoms with Gasteiger partial charge in [0.1, 0.15) is 16.5 Å². The predicted molar refractivity (Wildman–Crippen MR) is 141 cm³/mol. The van der Waals surface area contributed by atoms with E-state index in [-0.39, 0.29) is 5.92 Å². The zero-order chi connectivity index (χ0) is 24.5. The van der Waals surface area contributed by atoms with E-state index < -0.39 is 0 Å². The van der Waals surface area contributed by atoms with Crippen molar-refractivity contribution < 1.29 is 4.79 Å². The Bertz CT molecular complexity index is 1190. The molecule has 8 heteroatoms. The highest BCUT2D eigenvalue weighted by atomic mass is 35.5. The second kappa shape index (κ2) is 10.2. The maximum atomic E-state index is 12.9. The standard InChI is InChI=1S/C27H35ClN6O/c1-18-16-24(28)31-26-25(18)29-19(2)34(26)17-20-4-8-22(9-5-20)30-23-10-6-21(7-11-23)27(35)33-14-12-32(3)13-15-33/h4-5,8-9,16,21,23,30H,6-7,10-15,17H2,1-3H3/t21-,23-. The molecule has 0 radical (unpaired) electrons. The van der Waals surface area contributed by atoms with Crippen LogP contribution in [-0.2, 0) is 11.3 Å². The van der Waals surface area contributed by atoms with Gasteiger partial charge in [0.15, 0.2) is 5.65 Å². The van der Waals surface area contributed by atoms with Crippen LogP contribution in [0.1, 0.15) is 42.6 Å². The van der Waals surface area contributed by atoms with Crippen molar-refractivity contribution in [2.75, 3.05) is 38.5 Å². The summed E-state index contributed by atoms with van der Waals surface area (Å²) < 4.78 is 2.12. The monoisotopic (exact) mass is 494 g/mol. The van der Waals surface area contributed by atoms with Gasteiger partial charge in [0, 0.05) is 43.8 Å². The Balaban J connectivity index is 1.16. The summed E-state index contributed by atoms with van der Waals surface area (Å²) in [5.74, 6) is 1.50. The third-order valence-electron chi connectivity index (χ3n) is 7.61. The number of hydrogen-bond donors (Lipinski definition) is 1. The molecule has 7 nitrogen and oxygen atoms in total. The molecule has 1 saturated heterocycles. The molecule has 2 fully saturated rings. The molecular weight excluding hydrogens is 460 g/mol. The highest BCUT2D eigenvalue weighted by Gasteiger charge is 2.30. The molecule has 0 atom stereocenters. The molecular formula is C27H35ClN6O. The summed E-state index contributed by atoms with van der Waals surface area (Å²) >= 11 is 6.21. The summed E-state index contributed by atoms with van der Waals surface area (Å²) in [5.41, 5.74) is 5.11. The highest BCUT2D eigenvalue weighted by molar-refractivity contribution is 6.29. The normalized spacial score (nSPS) is 21.4. The van der Waals surface area contributed by atoms with E-state index >= 15 is 0 Å². The van der Waals surface area contributed by atoms with Crippen molar-refractivity contribution in [2.24, 2.45) is 5.92 Å². The fraction of sp³-hybridized carbons (Fsp3) is 0.519. The van der Waals surface area contributed by atoms with E-state index in [0.717, 1.165) is 80.1 Å². The average Bonchev–Trinajstić information content (AvgIpc) is 3.16. The Labute approximate surface area is 212 Å². The van der Waals surface area contributed by atoms with E-state index in [1.165, 1.54) is 5.56 Å². The van der Waals surface area contributed by atoms with Gasteiger partial charge in [0.2, 0.25) is 5.91 Å². The third kappa shape index (κ3) is 5.31. The lowest BCUT2D eigenvalue weighted by Crippen LogP contribution is -2.49. The first-order valence-electron chi connectivity index (χ1n) is 12.7. The van der Waals surface area contributed by atoms with Crippen molar-refractivity contribution in [3.8, 4) is 0 Å². The van der Waals surface area contributed by atoms with Gasteiger partial charge in [-0.05, 0) is 75.9 Å². The summed E-state index contributed by atoms with van der Waals surface area (Å²) in [6.45, 7) is 8.44. The molecule has 1 saturated carbocycles. The quantitative estimate of drug-likeness (QED) is 0.529. The van der Waals surface area contributed by atoms with Crippen LogP contribution in [-0.4, -0.2) is 69.5 Å². The number of nitrogens with zero attached hydrogens (tertiary/aromatic N) is 5. The molecule has 1 aromatic carbocycles. The molecule has 0 bridgehead atoms. The smallest absolute Gasteiger partial charge is 0.225 e. The number of carbonyl (C=O) groups is 1. The van der Waals surface area contributed by atoms with Gasteiger partial charge in [0.05, 0.1) is 6.54 Å². The van der Waals surface area contributed by atoms with Crippen molar-refractivity contribution in [3.63, 3.8) is 0 Å². The van der Waals surface area contributed by atoms with E-state index in [1.807, 2.05) is 19.9 Å². The van der Waals surface area contributed by atoms with Crippen LogP contribution in [0.5, 0.6) is 0 Å². The number of aromatic nitrogens is 3. The second-order valence-electron chi connectivity index (χ2n) is 10.2. The zero-order valence-electron chi connectivity index (χ0n) is 20.9. The molecule has 1 amide bonds. The van der Waals surface area contributed by atoms with Gasteiger partial charge in [-0.25, -0.2) is 9.97 Å². The number of imidazole rings is 1. The Kier molecular flexibility index (Phi) is 6.98. The van der Waals surface area contributed by atoms with Crippen LogP contribution in [0.3, 0.4) is 0 Å². The van der Waals surface area contributed by atoms with Gasteiger partial charge in [-0.15, -0.1) is 0 Å². The minimum Gasteiger partial charge on any atom is -0.382 e. The number of piperazine rings is 1. The zero-order valence-corrected chi connectivity index (χ0v) is 21.7. The third-order valence-corrected chi connectivity index (χ3v) is 7.80. The number of benzene rings is 1. The van der Waals surface area contributed by atoms with E-state index in [9.17, 15) is 4.79 Å². The molecule has 186 valence electrons. The molecule has 1 aliphatic carbocycles. The molecule has 0 spiro atoms. The van der Waals surface area contributed by atoms with E-state index in [1.54, 1.807) is 0 Å². The maximum absolute atomic E-state index is 12.9. The molecule has 3 aromatic rings. The molecule has 2 aromatic heterocycles. The van der Waals surface area contributed by atoms with Gasteiger partial charge in [0.25, 0.3) is 0 Å². The number of likely N-dealkylation sites (N-methyl/N-ethyl adjacent to an activating group) is 1. The highest BCUT2D eigenvalue weighted by Crippen LogP contribution is 2.29. The number of rotatable bonds is 5. The predicted octanol–water partition coefficient (Wildman–Crippen LogP) is 4.49. The van der Waals surface area contributed by atoms with Crippen molar-refractivity contribution in [2.45, 2.75) is 52.1 Å². The number of nitrogens with one attached hydrogen (secondary N) is 1. The van der Waals surface area contributed by atoms with Gasteiger partial charge in [-0.2, -0.15) is 0 Å². The number of pyridine rings is 1. The topological polar surface area (TPSA) is 66.3 Å². The fourth-order valence-electron chi connectivity index (χ4n) is 5.40. The number of anilines is 1. The molecule has 3 heterocycles. The molecule has 1 N–H and O–H groups in total. The van der Waals surface area contributed by atoms with Crippen LogP contribution in [0.4, 0.5) is 5.69 Å². The average molecular weight is 495 g/mol. The Morgan fingerprint density at radius 3 is 2.40 bits per heavy atom. The van der Waals surface area contributed by atoms with Crippen LogP contribution in [0.25, 0.3) is 11.2 Å². The Hall–Kier alpha value is -2.64. The summed E-state index contributed by atoms with van der Waals surface area (Å²) in [6.07, 6.45) is 4.03. The van der Waals surface area contributed by atoms with Gasteiger partial charge >= 0.3 is 0 Å². The van der Waals surface area contributed by atoms with Crippen molar-refractivity contribution >= 4 is 34.4 Å². The number of fused-ring (bicyclic) bond motifs is 1. The van der Waals surface area contributed by atoms with Crippen LogP contribution in [0.2, 0.25) is 5.15 Å². The minimum absolute atomic E-state index is 0.192. The lowest BCUT2D eigenvalue weighted by atomic mass is 9.85. The summed E-state index contributed by atoms with van der Waals surface area (Å²) in [6, 6.07) is 10.9. The van der Waals surface area contributed by atoms with Crippen molar-refractivity contribution in [3.05, 3.63) is 52.4 Å².